The van der Waals surface area contributed by atoms with Crippen molar-refractivity contribution < 1.29 is 68.4 Å². The van der Waals surface area contributed by atoms with Gasteiger partial charge < -0.3 is 41.7 Å². The third kappa shape index (κ3) is 22.1. The number of rotatable bonds is 28. The van der Waals surface area contributed by atoms with Crippen molar-refractivity contribution >= 4 is 76.8 Å². The van der Waals surface area contributed by atoms with Gasteiger partial charge in [-0.2, -0.15) is 11.8 Å². The van der Waals surface area contributed by atoms with Gasteiger partial charge in [0.05, 0.1) is 32.2 Å². The highest BCUT2D eigenvalue weighted by Gasteiger charge is 2.36. The Labute approximate surface area is 418 Å². The van der Waals surface area contributed by atoms with Gasteiger partial charge in [-0.05, 0) is 61.3 Å². The van der Waals surface area contributed by atoms with Gasteiger partial charge in [-0.3, -0.25) is 62.9 Å². The Bertz CT molecular complexity index is 1960. The van der Waals surface area contributed by atoms with Crippen LogP contribution in [0.4, 0.5) is 10.5 Å². The third-order valence-corrected chi connectivity index (χ3v) is 13.3. The number of nitrogens with zero attached hydrogens (tertiary/aromatic N) is 5. The number of aliphatic carboxylic acids is 4. The summed E-state index contributed by atoms with van der Waals surface area (Å²) in [6.07, 6.45) is 3.28. The van der Waals surface area contributed by atoms with Crippen LogP contribution in [-0.4, -0.2) is 213 Å². The molecule has 1 unspecified atom stereocenters. The smallest absolute Gasteiger partial charge is 0.326 e. The molecule has 0 aromatic heterocycles. The first-order chi connectivity index (χ1) is 33.7. The number of carboxylic acids is 4. The summed E-state index contributed by atoms with van der Waals surface area (Å²) in [5.41, 5.74) is 1.09. The molecule has 2 heterocycles. The van der Waals surface area contributed by atoms with Crippen LogP contribution in [0.3, 0.4) is 0 Å². The Morgan fingerprint density at radius 2 is 1.24 bits per heavy atom. The molecule has 2 aliphatic heterocycles. The van der Waals surface area contributed by atoms with Gasteiger partial charge in [0, 0.05) is 95.8 Å². The average Bonchev–Trinajstić information content (AvgIpc) is 3.55. The number of unbranched alkanes of at least 4 members (excludes halogenated alkanes) is 1. The van der Waals surface area contributed by atoms with Crippen LogP contribution in [0.15, 0.2) is 24.3 Å². The lowest BCUT2D eigenvalue weighted by molar-refractivity contribution is -0.143. The van der Waals surface area contributed by atoms with Crippen molar-refractivity contribution in [2.24, 2.45) is 17.8 Å². The largest absolute Gasteiger partial charge is 0.480 e. The van der Waals surface area contributed by atoms with Crippen molar-refractivity contribution in [3.8, 4) is 0 Å². The minimum absolute atomic E-state index is 0.0528. The number of likely N-dealkylation sites (tertiary alicyclic amines) is 1. The van der Waals surface area contributed by atoms with Crippen molar-refractivity contribution in [1.82, 2.24) is 40.4 Å². The summed E-state index contributed by atoms with van der Waals surface area (Å²) in [5, 5.41) is 49.2. The van der Waals surface area contributed by atoms with Gasteiger partial charge in [0.2, 0.25) is 23.6 Å². The molecular formula is C47H73N9O14S. The number of carbonyl (C=O) groups excluding carboxylic acids is 6. The van der Waals surface area contributed by atoms with E-state index >= 15 is 0 Å². The van der Waals surface area contributed by atoms with Gasteiger partial charge in [0.25, 0.3) is 0 Å². The Kier molecular flexibility index (Phi) is 26.0. The van der Waals surface area contributed by atoms with Crippen molar-refractivity contribution in [1.29, 1.82) is 0 Å². The number of benzene rings is 1. The van der Waals surface area contributed by atoms with Gasteiger partial charge in [-0.1, -0.05) is 39.3 Å². The fraction of sp³-hybridized carbons (Fsp3) is 0.660. The maximum atomic E-state index is 13.8. The summed E-state index contributed by atoms with van der Waals surface area (Å²) in [5.74, 6) is -7.32. The summed E-state index contributed by atoms with van der Waals surface area (Å²) in [7, 11) is 0. The summed E-state index contributed by atoms with van der Waals surface area (Å²) >= 11 is 1.47. The van der Waals surface area contributed by atoms with Crippen LogP contribution in [-0.2, 0) is 49.7 Å². The minimum atomic E-state index is -1.26. The number of carboxylic acid groups (broad SMARTS) is 4. The standard InChI is InChI=1S/C47H73N9O14S/c1-5-31(2)35(44(66)50-37(46(68)69)8-6-7-14-56-40(59)24-32(3)45(56)67)25-38(57)36(13-23-71-4)51-47(70)49-34-11-9-33(10-12-34)26-48-39(58)27-52-15-17-53(28-41(60)61)19-21-55(30-43(64)65)22-20-54(18-16-52)29-42(62)63/h9-12,31-32,35-37H,5-8,13-30H2,1-4H3,(H,48,58)(H,50,66)(H,60,61)(H,62,63)(H,64,65)(H,68,69)(H2,49,51,70)/t31-,32?,35-,36-,37-/m0/s1. The Hall–Kier alpha value is -5.69. The fourth-order valence-electron chi connectivity index (χ4n) is 8.26. The molecule has 8 N–H and O–H groups in total. The molecule has 6 amide bonds. The molecule has 396 valence electrons. The summed E-state index contributed by atoms with van der Waals surface area (Å²) in [6, 6.07) is 3.75. The molecule has 0 radical (unpaired) electrons. The van der Waals surface area contributed by atoms with Crippen LogP contribution in [0, 0.1) is 17.8 Å². The van der Waals surface area contributed by atoms with Crippen LogP contribution < -0.4 is 21.3 Å². The highest BCUT2D eigenvalue weighted by atomic mass is 32.2. The second-order valence-corrected chi connectivity index (χ2v) is 19.2. The minimum Gasteiger partial charge on any atom is -0.480 e. The molecular weight excluding hydrogens is 947 g/mol. The molecule has 5 atom stereocenters. The first-order valence-corrected chi connectivity index (χ1v) is 25.5. The molecule has 2 saturated heterocycles. The topological polar surface area (TPSA) is 316 Å². The molecule has 0 aliphatic carbocycles. The molecule has 71 heavy (non-hydrogen) atoms. The summed E-state index contributed by atoms with van der Waals surface area (Å²) in [4.78, 5) is 133. The van der Waals surface area contributed by atoms with Gasteiger partial charge in [0.1, 0.15) is 6.04 Å². The van der Waals surface area contributed by atoms with Crippen molar-refractivity contribution in [3.05, 3.63) is 29.8 Å². The number of anilines is 1. The van der Waals surface area contributed by atoms with Crippen LogP contribution >= 0.6 is 11.8 Å². The van der Waals surface area contributed by atoms with Crippen LogP contribution in [0.5, 0.6) is 0 Å². The number of thioether (sulfide) groups is 1. The lowest BCUT2D eigenvalue weighted by Gasteiger charge is -2.32. The van der Waals surface area contributed by atoms with E-state index in [9.17, 15) is 68.4 Å². The Balaban J connectivity index is 1.57. The van der Waals surface area contributed by atoms with E-state index in [1.165, 1.54) is 16.7 Å². The number of carbonyl (C=O) groups is 10. The molecule has 2 fully saturated rings. The van der Waals surface area contributed by atoms with Crippen LogP contribution in [0.25, 0.3) is 0 Å². The zero-order chi connectivity index (χ0) is 52.6. The van der Waals surface area contributed by atoms with E-state index in [1.807, 2.05) is 18.1 Å². The molecule has 0 saturated carbocycles. The predicted molar refractivity (Wildman–Crippen MR) is 262 cm³/mol. The monoisotopic (exact) mass is 1020 g/mol. The second-order valence-electron chi connectivity index (χ2n) is 18.2. The Morgan fingerprint density at radius 1 is 0.718 bits per heavy atom. The summed E-state index contributed by atoms with van der Waals surface area (Å²) < 4.78 is 0. The normalized spacial score (nSPS) is 18.5. The average molecular weight is 1020 g/mol. The quantitative estimate of drug-likeness (QED) is 0.0425. The van der Waals surface area contributed by atoms with Gasteiger partial charge in [0.15, 0.2) is 5.78 Å². The third-order valence-electron chi connectivity index (χ3n) is 12.7. The first-order valence-electron chi connectivity index (χ1n) is 24.1. The van der Waals surface area contributed by atoms with Crippen LogP contribution in [0.1, 0.15) is 71.3 Å². The number of nitrogens with one attached hydrogen (secondary N) is 4. The van der Waals surface area contributed by atoms with Crippen LogP contribution in [0.2, 0.25) is 0 Å². The lowest BCUT2D eigenvalue weighted by atomic mass is 9.84. The number of imide groups is 1. The molecule has 0 spiro atoms. The molecule has 0 bridgehead atoms. The molecule has 2 aliphatic rings. The number of hydrogen-bond donors (Lipinski definition) is 8. The van der Waals surface area contributed by atoms with E-state index in [2.05, 4.69) is 21.3 Å². The predicted octanol–water partition coefficient (Wildman–Crippen LogP) is 0.778. The van der Waals surface area contributed by atoms with E-state index in [1.54, 1.807) is 52.8 Å². The zero-order valence-corrected chi connectivity index (χ0v) is 42.1. The number of ketones is 1. The molecule has 3 rings (SSSR count). The van der Waals surface area contributed by atoms with Crippen molar-refractivity contribution in [2.45, 2.75) is 84.3 Å². The van der Waals surface area contributed by atoms with Crippen molar-refractivity contribution in [3.63, 3.8) is 0 Å². The van der Waals surface area contributed by atoms with E-state index in [0.29, 0.717) is 36.3 Å². The maximum Gasteiger partial charge on any atom is 0.326 e. The first kappa shape index (κ1) is 59.6. The van der Waals surface area contributed by atoms with E-state index in [4.69, 9.17) is 0 Å². The van der Waals surface area contributed by atoms with E-state index in [0.717, 1.165) is 0 Å². The number of Topliss-reactive ketones (excluding diaryl/α,β-unsaturated/α-hetero) is 1. The second kappa shape index (κ2) is 30.9. The van der Waals surface area contributed by atoms with Crippen molar-refractivity contribution in [2.75, 3.05) is 102 Å². The van der Waals surface area contributed by atoms with Gasteiger partial charge in [-0.15, -0.1) is 0 Å². The Morgan fingerprint density at radius 3 is 1.69 bits per heavy atom. The van der Waals surface area contributed by atoms with E-state index in [-0.39, 0.29) is 147 Å². The molecule has 1 aromatic carbocycles. The molecule has 23 nitrogen and oxygen atoms in total. The molecule has 24 heteroatoms. The fourth-order valence-corrected chi connectivity index (χ4v) is 8.73. The lowest BCUT2D eigenvalue weighted by Crippen LogP contribution is -2.49. The van der Waals surface area contributed by atoms with Gasteiger partial charge in [-0.25, -0.2) is 9.59 Å². The maximum absolute atomic E-state index is 13.8. The summed E-state index contributed by atoms with van der Waals surface area (Å²) in [6.45, 7) is 6.79. The number of amides is 6. The molecule has 1 aromatic rings. The van der Waals surface area contributed by atoms with Gasteiger partial charge >= 0.3 is 29.9 Å². The zero-order valence-electron chi connectivity index (χ0n) is 41.3. The SMILES string of the molecule is CC[C@H](C)[C@H](CC(=O)[C@H](CCSC)NC(=O)Nc1ccc(CNC(=O)CN2CCN(CC(=O)O)CCN(CC(=O)O)CCN(CC(=O)O)CC2)cc1)C(=O)N[C@@H](CCCCN1C(=O)CC(C)C1=O)C(=O)O. The highest BCUT2D eigenvalue weighted by molar-refractivity contribution is 7.98. The number of hydrogen-bond acceptors (Lipinski definition) is 15. The van der Waals surface area contributed by atoms with E-state index < -0.39 is 59.6 Å². The number of urea groups is 1. The highest BCUT2D eigenvalue weighted by Crippen LogP contribution is 2.23.